The summed E-state index contributed by atoms with van der Waals surface area (Å²) in [5.74, 6) is -0.322. The number of hydrogen-bond acceptors (Lipinski definition) is 7. The van der Waals surface area contributed by atoms with Gasteiger partial charge in [0.2, 0.25) is 11.2 Å². The highest BCUT2D eigenvalue weighted by atomic mass is 35.5. The number of Topliss-reactive ketones (excluding diaryl/α,β-unsaturated/α-hetero) is 1. The van der Waals surface area contributed by atoms with Crippen molar-refractivity contribution in [1.82, 2.24) is 0 Å². The Bertz CT molecular complexity index is 1440. The quantitative estimate of drug-likeness (QED) is 0.235. The lowest BCUT2D eigenvalue weighted by molar-refractivity contribution is 0.0492. The molecule has 7 nitrogen and oxygen atoms in total. The standard InChI is InChI=1S/C27H21ClO7/c1-3-33-27(31)26-24(17-6-10-19(32-2)11-7-17)25(30)21-13-12-20(14-23(21)35-26)34-15-22(29)16-4-8-18(28)9-5-16/h4-14H,3,15H2,1-2H3. The Labute approximate surface area is 205 Å². The van der Waals surface area contributed by atoms with Crippen LogP contribution in [-0.4, -0.2) is 32.1 Å². The number of hydrogen-bond donors (Lipinski definition) is 0. The van der Waals surface area contributed by atoms with Gasteiger partial charge in [-0.1, -0.05) is 23.7 Å². The third-order valence-corrected chi connectivity index (χ3v) is 5.49. The van der Waals surface area contributed by atoms with Crippen LogP contribution >= 0.6 is 11.6 Å². The molecular formula is C27H21ClO7. The van der Waals surface area contributed by atoms with Crippen LogP contribution in [0.3, 0.4) is 0 Å². The molecule has 0 N–H and O–H groups in total. The van der Waals surface area contributed by atoms with Crippen LogP contribution < -0.4 is 14.9 Å². The second-order valence-corrected chi connectivity index (χ2v) is 7.90. The Hall–Kier alpha value is -4.10. The highest BCUT2D eigenvalue weighted by Crippen LogP contribution is 2.29. The van der Waals surface area contributed by atoms with Crippen molar-refractivity contribution in [2.24, 2.45) is 0 Å². The molecule has 0 amide bonds. The lowest BCUT2D eigenvalue weighted by Gasteiger charge is -2.11. The van der Waals surface area contributed by atoms with Crippen LogP contribution in [-0.2, 0) is 4.74 Å². The zero-order chi connectivity index (χ0) is 24.9. The predicted molar refractivity (Wildman–Crippen MR) is 132 cm³/mol. The van der Waals surface area contributed by atoms with Crippen molar-refractivity contribution >= 4 is 34.3 Å². The van der Waals surface area contributed by atoms with E-state index >= 15 is 0 Å². The van der Waals surface area contributed by atoms with E-state index in [4.69, 9.17) is 30.2 Å². The molecule has 0 aliphatic heterocycles. The molecule has 1 aromatic heterocycles. The minimum atomic E-state index is -0.762. The van der Waals surface area contributed by atoms with E-state index in [-0.39, 0.29) is 41.3 Å². The summed E-state index contributed by atoms with van der Waals surface area (Å²) in [5, 5.41) is 0.777. The number of halogens is 1. The molecule has 35 heavy (non-hydrogen) atoms. The summed E-state index contributed by atoms with van der Waals surface area (Å²) in [6.07, 6.45) is 0. The summed E-state index contributed by atoms with van der Waals surface area (Å²) in [5.41, 5.74) is 0.758. The summed E-state index contributed by atoms with van der Waals surface area (Å²) >= 11 is 5.86. The molecule has 4 aromatic rings. The van der Waals surface area contributed by atoms with E-state index in [1.807, 2.05) is 0 Å². The first-order valence-electron chi connectivity index (χ1n) is 10.7. The van der Waals surface area contributed by atoms with Gasteiger partial charge in [-0.3, -0.25) is 9.59 Å². The van der Waals surface area contributed by atoms with E-state index in [0.717, 1.165) is 0 Å². The average molecular weight is 493 g/mol. The highest BCUT2D eigenvalue weighted by molar-refractivity contribution is 6.30. The maximum absolute atomic E-state index is 13.4. The van der Waals surface area contributed by atoms with Crippen molar-refractivity contribution in [3.8, 4) is 22.6 Å². The van der Waals surface area contributed by atoms with E-state index in [9.17, 15) is 14.4 Å². The van der Waals surface area contributed by atoms with Crippen molar-refractivity contribution in [3.63, 3.8) is 0 Å². The lowest BCUT2D eigenvalue weighted by Crippen LogP contribution is -2.15. The zero-order valence-corrected chi connectivity index (χ0v) is 19.8. The predicted octanol–water partition coefficient (Wildman–Crippen LogP) is 5.56. The molecule has 0 unspecified atom stereocenters. The largest absolute Gasteiger partial charge is 0.497 e. The van der Waals surface area contributed by atoms with Crippen LogP contribution in [0.4, 0.5) is 0 Å². The van der Waals surface area contributed by atoms with Crippen LogP contribution in [0, 0.1) is 0 Å². The number of methoxy groups -OCH3 is 1. The highest BCUT2D eigenvalue weighted by Gasteiger charge is 2.23. The second-order valence-electron chi connectivity index (χ2n) is 7.46. The maximum Gasteiger partial charge on any atom is 0.375 e. The van der Waals surface area contributed by atoms with Crippen LogP contribution in [0.5, 0.6) is 11.5 Å². The fraction of sp³-hybridized carbons (Fsp3) is 0.148. The van der Waals surface area contributed by atoms with Crippen LogP contribution in [0.2, 0.25) is 5.02 Å². The van der Waals surface area contributed by atoms with Gasteiger partial charge in [0.05, 0.1) is 24.7 Å². The molecule has 0 bridgehead atoms. The molecule has 0 atom stereocenters. The molecule has 0 fully saturated rings. The first-order chi connectivity index (χ1) is 16.9. The number of benzene rings is 3. The lowest BCUT2D eigenvalue weighted by atomic mass is 10.0. The molecule has 4 rings (SSSR count). The molecule has 3 aromatic carbocycles. The first-order valence-corrected chi connectivity index (χ1v) is 11.1. The molecule has 0 aliphatic carbocycles. The molecule has 0 saturated heterocycles. The van der Waals surface area contributed by atoms with E-state index in [1.54, 1.807) is 61.5 Å². The Kier molecular flexibility index (Phi) is 7.17. The van der Waals surface area contributed by atoms with Gasteiger partial charge in [0.25, 0.3) is 0 Å². The van der Waals surface area contributed by atoms with Crippen molar-refractivity contribution < 1.29 is 28.2 Å². The smallest absolute Gasteiger partial charge is 0.375 e. The third kappa shape index (κ3) is 5.20. The maximum atomic E-state index is 13.4. The van der Waals surface area contributed by atoms with Gasteiger partial charge < -0.3 is 18.6 Å². The number of carbonyl (C=O) groups is 2. The van der Waals surface area contributed by atoms with Gasteiger partial charge in [0.15, 0.2) is 12.4 Å². The minimum Gasteiger partial charge on any atom is -0.497 e. The Balaban J connectivity index is 1.70. The molecule has 0 saturated carbocycles. The fourth-order valence-electron chi connectivity index (χ4n) is 3.49. The van der Waals surface area contributed by atoms with Gasteiger partial charge in [-0.2, -0.15) is 0 Å². The first kappa shape index (κ1) is 24.0. The summed E-state index contributed by atoms with van der Waals surface area (Å²) in [6, 6.07) is 17.7. The molecule has 0 aliphatic rings. The molecule has 0 radical (unpaired) electrons. The van der Waals surface area contributed by atoms with Crippen molar-refractivity contribution in [2.75, 3.05) is 20.3 Å². The normalized spacial score (nSPS) is 10.7. The van der Waals surface area contributed by atoms with E-state index in [1.165, 1.54) is 19.2 Å². The fourth-order valence-corrected chi connectivity index (χ4v) is 3.62. The van der Waals surface area contributed by atoms with Crippen molar-refractivity contribution in [1.29, 1.82) is 0 Å². The van der Waals surface area contributed by atoms with Gasteiger partial charge in [-0.05, 0) is 61.0 Å². The number of rotatable bonds is 8. The van der Waals surface area contributed by atoms with Gasteiger partial charge >= 0.3 is 5.97 Å². The molecule has 0 spiro atoms. The monoisotopic (exact) mass is 492 g/mol. The molecule has 1 heterocycles. The zero-order valence-electron chi connectivity index (χ0n) is 19.0. The summed E-state index contributed by atoms with van der Waals surface area (Å²) in [6.45, 7) is 1.54. The summed E-state index contributed by atoms with van der Waals surface area (Å²) in [7, 11) is 1.53. The Morgan fingerprint density at radius 3 is 2.29 bits per heavy atom. The van der Waals surface area contributed by atoms with Crippen LogP contribution in [0.1, 0.15) is 27.8 Å². The van der Waals surface area contributed by atoms with Crippen molar-refractivity contribution in [2.45, 2.75) is 6.92 Å². The third-order valence-electron chi connectivity index (χ3n) is 5.24. The van der Waals surface area contributed by atoms with E-state index in [2.05, 4.69) is 0 Å². The van der Waals surface area contributed by atoms with Crippen molar-refractivity contribution in [3.05, 3.63) is 93.3 Å². The van der Waals surface area contributed by atoms with E-state index < -0.39 is 11.4 Å². The van der Waals surface area contributed by atoms with Crippen LogP contribution in [0.25, 0.3) is 22.1 Å². The number of esters is 1. The SMILES string of the molecule is CCOC(=O)c1oc2cc(OCC(=O)c3ccc(Cl)cc3)ccc2c(=O)c1-c1ccc(OC)cc1. The Morgan fingerprint density at radius 1 is 0.943 bits per heavy atom. The summed E-state index contributed by atoms with van der Waals surface area (Å²) < 4.78 is 21.8. The summed E-state index contributed by atoms with van der Waals surface area (Å²) in [4.78, 5) is 38.5. The number of carbonyl (C=O) groups excluding carboxylic acids is 2. The molecular weight excluding hydrogens is 472 g/mol. The number of fused-ring (bicyclic) bond motifs is 1. The van der Waals surface area contributed by atoms with Gasteiger partial charge in [-0.25, -0.2) is 4.79 Å². The second kappa shape index (κ2) is 10.4. The van der Waals surface area contributed by atoms with Crippen LogP contribution in [0.15, 0.2) is 75.9 Å². The number of ketones is 1. The average Bonchev–Trinajstić information content (AvgIpc) is 2.87. The topological polar surface area (TPSA) is 92.0 Å². The van der Waals surface area contributed by atoms with E-state index in [0.29, 0.717) is 27.6 Å². The Morgan fingerprint density at radius 2 is 1.63 bits per heavy atom. The molecule has 178 valence electrons. The van der Waals surface area contributed by atoms with Gasteiger partial charge in [0, 0.05) is 16.7 Å². The molecule has 8 heteroatoms. The minimum absolute atomic E-state index is 0.0881. The number of ether oxygens (including phenoxy) is 3. The van der Waals surface area contributed by atoms with Gasteiger partial charge in [0.1, 0.15) is 17.1 Å². The van der Waals surface area contributed by atoms with Gasteiger partial charge in [-0.15, -0.1) is 0 Å².